The Hall–Kier alpha value is -3.28. The van der Waals surface area contributed by atoms with Crippen LogP contribution in [0.1, 0.15) is 30.7 Å². The van der Waals surface area contributed by atoms with Crippen LogP contribution in [0.2, 0.25) is 0 Å². The summed E-state index contributed by atoms with van der Waals surface area (Å²) in [6, 6.07) is 14.1. The molecule has 5 nitrogen and oxygen atoms in total. The number of H-pyrrole nitrogens is 1. The standard InChI is InChI=1S/C22H20FN3O2/c1-26(13-21-24-18-9-7-15(23)11-19(18)25-21)22(28)12-17-16(8-10-20(17)27)14-5-3-2-4-6-14/h2-7,9,11H,8,10,12-13H2,1H3,(H,24,25). The first-order chi connectivity index (χ1) is 13.5. The van der Waals surface area contributed by atoms with Crippen molar-refractivity contribution >= 4 is 28.3 Å². The predicted octanol–water partition coefficient (Wildman–Crippen LogP) is 3.87. The maximum atomic E-state index is 13.3. The molecule has 0 aliphatic heterocycles. The van der Waals surface area contributed by atoms with Gasteiger partial charge < -0.3 is 9.88 Å². The minimum absolute atomic E-state index is 0.0415. The zero-order valence-electron chi connectivity index (χ0n) is 15.5. The van der Waals surface area contributed by atoms with Crippen molar-refractivity contribution in [2.75, 3.05) is 7.05 Å². The maximum absolute atomic E-state index is 13.3. The molecule has 1 aromatic heterocycles. The highest BCUT2D eigenvalue weighted by Gasteiger charge is 2.27. The molecule has 3 aromatic rings. The Morgan fingerprint density at radius 1 is 1.18 bits per heavy atom. The molecule has 1 amide bonds. The third-order valence-corrected chi connectivity index (χ3v) is 5.06. The SMILES string of the molecule is CN(Cc1nc2ccc(F)cc2[nH]1)C(=O)CC1=C(c2ccccc2)CCC1=O. The van der Waals surface area contributed by atoms with Gasteiger partial charge in [-0.2, -0.15) is 0 Å². The van der Waals surface area contributed by atoms with Gasteiger partial charge in [-0.1, -0.05) is 30.3 Å². The number of aromatic amines is 1. The second-order valence-corrected chi connectivity index (χ2v) is 7.02. The molecule has 0 spiro atoms. The highest BCUT2D eigenvalue weighted by Crippen LogP contribution is 2.33. The highest BCUT2D eigenvalue weighted by atomic mass is 19.1. The quantitative estimate of drug-likeness (QED) is 0.734. The summed E-state index contributed by atoms with van der Waals surface area (Å²) in [6.45, 7) is 0.261. The second kappa shape index (κ2) is 7.38. The molecule has 4 rings (SSSR count). The largest absolute Gasteiger partial charge is 0.340 e. The summed E-state index contributed by atoms with van der Waals surface area (Å²) in [5.74, 6) is 0.129. The van der Waals surface area contributed by atoms with Gasteiger partial charge in [-0.15, -0.1) is 0 Å². The molecule has 1 N–H and O–H groups in total. The number of rotatable bonds is 5. The number of amides is 1. The molecule has 0 bridgehead atoms. The van der Waals surface area contributed by atoms with Crippen molar-refractivity contribution < 1.29 is 14.0 Å². The number of carbonyl (C=O) groups is 2. The van der Waals surface area contributed by atoms with Crippen LogP contribution in [0, 0.1) is 5.82 Å². The summed E-state index contributed by atoms with van der Waals surface area (Å²) in [4.78, 5) is 34.0. The number of Topliss-reactive ketones (excluding diaryl/α,β-unsaturated/α-hetero) is 1. The topological polar surface area (TPSA) is 66.1 Å². The highest BCUT2D eigenvalue weighted by molar-refractivity contribution is 6.10. The number of halogens is 1. The number of carbonyl (C=O) groups excluding carboxylic acids is 2. The van der Waals surface area contributed by atoms with E-state index in [2.05, 4.69) is 9.97 Å². The number of imidazole rings is 1. The van der Waals surface area contributed by atoms with Crippen LogP contribution >= 0.6 is 0 Å². The zero-order chi connectivity index (χ0) is 19.7. The number of ketones is 1. The summed E-state index contributed by atoms with van der Waals surface area (Å²) < 4.78 is 13.3. The van der Waals surface area contributed by atoms with Crippen molar-refractivity contribution in [2.24, 2.45) is 0 Å². The summed E-state index contributed by atoms with van der Waals surface area (Å²) >= 11 is 0. The van der Waals surface area contributed by atoms with Crippen LogP contribution < -0.4 is 0 Å². The number of nitrogens with zero attached hydrogens (tertiary/aromatic N) is 2. The van der Waals surface area contributed by atoms with Crippen LogP contribution in [-0.4, -0.2) is 33.6 Å². The van der Waals surface area contributed by atoms with Crippen LogP contribution in [-0.2, 0) is 16.1 Å². The lowest BCUT2D eigenvalue weighted by molar-refractivity contribution is -0.130. The average molecular weight is 377 g/mol. The summed E-state index contributed by atoms with van der Waals surface area (Å²) in [5, 5.41) is 0. The number of allylic oxidation sites excluding steroid dienone is 1. The lowest BCUT2D eigenvalue weighted by atomic mass is 10.00. The fourth-order valence-corrected chi connectivity index (χ4v) is 3.58. The van der Waals surface area contributed by atoms with Gasteiger partial charge >= 0.3 is 0 Å². The molecular weight excluding hydrogens is 357 g/mol. The average Bonchev–Trinajstić information content (AvgIpc) is 3.25. The van der Waals surface area contributed by atoms with Gasteiger partial charge in [0, 0.05) is 19.0 Å². The van der Waals surface area contributed by atoms with Crippen molar-refractivity contribution in [3.63, 3.8) is 0 Å². The van der Waals surface area contributed by atoms with E-state index >= 15 is 0 Å². The molecule has 1 aliphatic carbocycles. The molecule has 0 atom stereocenters. The normalized spacial score (nSPS) is 14.1. The number of hydrogen-bond acceptors (Lipinski definition) is 3. The first-order valence-electron chi connectivity index (χ1n) is 9.20. The van der Waals surface area contributed by atoms with Crippen molar-refractivity contribution in [1.29, 1.82) is 0 Å². The first-order valence-corrected chi connectivity index (χ1v) is 9.20. The van der Waals surface area contributed by atoms with Gasteiger partial charge in [0.25, 0.3) is 0 Å². The first kappa shape index (κ1) is 18.1. The molecule has 0 saturated carbocycles. The molecule has 0 fully saturated rings. The fraction of sp³-hybridized carbons (Fsp3) is 0.227. The van der Waals surface area contributed by atoms with Crippen molar-refractivity contribution in [3.05, 3.63) is 71.3 Å². The van der Waals surface area contributed by atoms with E-state index in [0.29, 0.717) is 35.3 Å². The summed E-state index contributed by atoms with van der Waals surface area (Å²) in [7, 11) is 1.68. The molecule has 6 heteroatoms. The zero-order valence-corrected chi connectivity index (χ0v) is 15.5. The van der Waals surface area contributed by atoms with E-state index in [-0.39, 0.29) is 30.5 Å². The van der Waals surface area contributed by atoms with Gasteiger partial charge in [0.15, 0.2) is 5.78 Å². The Kier molecular flexibility index (Phi) is 4.77. The van der Waals surface area contributed by atoms with Crippen LogP contribution in [0.15, 0.2) is 54.1 Å². The van der Waals surface area contributed by atoms with Gasteiger partial charge in [0.1, 0.15) is 11.6 Å². The molecule has 0 unspecified atom stereocenters. The van der Waals surface area contributed by atoms with Crippen LogP contribution in [0.3, 0.4) is 0 Å². The van der Waals surface area contributed by atoms with E-state index in [4.69, 9.17) is 0 Å². The minimum atomic E-state index is -0.341. The van der Waals surface area contributed by atoms with Gasteiger partial charge in [-0.25, -0.2) is 9.37 Å². The Morgan fingerprint density at radius 2 is 1.96 bits per heavy atom. The fourth-order valence-electron chi connectivity index (χ4n) is 3.58. The van der Waals surface area contributed by atoms with Crippen LogP contribution in [0.25, 0.3) is 16.6 Å². The second-order valence-electron chi connectivity index (χ2n) is 7.02. The Morgan fingerprint density at radius 3 is 2.75 bits per heavy atom. The minimum Gasteiger partial charge on any atom is -0.340 e. The maximum Gasteiger partial charge on any atom is 0.227 e. The van der Waals surface area contributed by atoms with E-state index in [9.17, 15) is 14.0 Å². The lowest BCUT2D eigenvalue weighted by Gasteiger charge is -2.16. The van der Waals surface area contributed by atoms with E-state index in [0.717, 1.165) is 11.1 Å². The summed E-state index contributed by atoms with van der Waals surface area (Å²) in [6.07, 6.45) is 1.20. The number of nitrogens with one attached hydrogen (secondary N) is 1. The van der Waals surface area contributed by atoms with Crippen LogP contribution in [0.4, 0.5) is 4.39 Å². The van der Waals surface area contributed by atoms with E-state index in [1.165, 1.54) is 17.0 Å². The molecule has 142 valence electrons. The number of aromatic nitrogens is 2. The van der Waals surface area contributed by atoms with E-state index < -0.39 is 0 Å². The smallest absolute Gasteiger partial charge is 0.227 e. The molecule has 1 heterocycles. The lowest BCUT2D eigenvalue weighted by Crippen LogP contribution is -2.27. The van der Waals surface area contributed by atoms with E-state index in [1.54, 1.807) is 13.1 Å². The number of benzene rings is 2. The molecule has 2 aromatic carbocycles. The Labute approximate surface area is 161 Å². The molecule has 1 aliphatic rings. The Balaban J connectivity index is 1.51. The predicted molar refractivity (Wildman–Crippen MR) is 105 cm³/mol. The number of fused-ring (bicyclic) bond motifs is 1. The monoisotopic (exact) mass is 377 g/mol. The van der Waals surface area contributed by atoms with Gasteiger partial charge in [0.2, 0.25) is 5.91 Å². The van der Waals surface area contributed by atoms with Gasteiger partial charge in [-0.05, 0) is 35.8 Å². The van der Waals surface area contributed by atoms with Gasteiger partial charge in [0.05, 0.1) is 24.0 Å². The van der Waals surface area contributed by atoms with E-state index in [1.807, 2.05) is 30.3 Å². The van der Waals surface area contributed by atoms with Crippen molar-refractivity contribution in [3.8, 4) is 0 Å². The molecular formula is C22H20FN3O2. The molecule has 0 radical (unpaired) electrons. The third kappa shape index (κ3) is 3.58. The van der Waals surface area contributed by atoms with Crippen molar-refractivity contribution in [1.82, 2.24) is 14.9 Å². The van der Waals surface area contributed by atoms with Crippen LogP contribution in [0.5, 0.6) is 0 Å². The Bertz CT molecular complexity index is 1090. The molecule has 28 heavy (non-hydrogen) atoms. The molecule has 0 saturated heterocycles. The number of hydrogen-bond donors (Lipinski definition) is 1. The van der Waals surface area contributed by atoms with Crippen molar-refractivity contribution in [2.45, 2.75) is 25.8 Å². The third-order valence-electron chi connectivity index (χ3n) is 5.06. The van der Waals surface area contributed by atoms with Gasteiger partial charge in [-0.3, -0.25) is 9.59 Å². The summed E-state index contributed by atoms with van der Waals surface area (Å²) in [5.41, 5.74) is 3.81.